The summed E-state index contributed by atoms with van der Waals surface area (Å²) in [6.07, 6.45) is 8.65. The zero-order valence-electron chi connectivity index (χ0n) is 9.34. The van der Waals surface area contributed by atoms with Gasteiger partial charge in [0.15, 0.2) is 0 Å². The summed E-state index contributed by atoms with van der Waals surface area (Å²) in [6.45, 7) is 2.61. The Balaban J connectivity index is 1.72. The van der Waals surface area contributed by atoms with Crippen LogP contribution in [0.1, 0.15) is 38.5 Å². The summed E-state index contributed by atoms with van der Waals surface area (Å²) in [5.74, 6) is 2.10. The lowest BCUT2D eigenvalue weighted by Crippen LogP contribution is -2.44. The Morgan fingerprint density at radius 2 is 2.00 bits per heavy atom. The van der Waals surface area contributed by atoms with E-state index in [0.717, 1.165) is 11.7 Å². The van der Waals surface area contributed by atoms with Gasteiger partial charge in [0, 0.05) is 13.1 Å². The van der Waals surface area contributed by atoms with Gasteiger partial charge in [-0.3, -0.25) is 0 Å². The minimum Gasteiger partial charge on any atom is -0.306 e. The number of thiol groups is 1. The monoisotopic (exact) mass is 213 g/mol. The van der Waals surface area contributed by atoms with Gasteiger partial charge in [0.1, 0.15) is 0 Å². The van der Waals surface area contributed by atoms with Gasteiger partial charge in [0.25, 0.3) is 0 Å². The Morgan fingerprint density at radius 3 is 2.36 bits per heavy atom. The summed E-state index contributed by atoms with van der Waals surface area (Å²) < 4.78 is 0. The van der Waals surface area contributed by atoms with E-state index in [0.29, 0.717) is 5.41 Å². The van der Waals surface area contributed by atoms with Gasteiger partial charge in [-0.25, -0.2) is 0 Å². The second kappa shape index (κ2) is 4.44. The highest BCUT2D eigenvalue weighted by Gasteiger charge is 2.36. The van der Waals surface area contributed by atoms with E-state index in [-0.39, 0.29) is 0 Å². The Bertz CT molecular complexity index is 179. The minimum absolute atomic E-state index is 0.585. The van der Waals surface area contributed by atoms with Crippen molar-refractivity contribution in [1.29, 1.82) is 0 Å². The predicted molar refractivity (Wildman–Crippen MR) is 65.0 cm³/mol. The van der Waals surface area contributed by atoms with Crippen LogP contribution in [0, 0.1) is 11.3 Å². The molecule has 0 aliphatic heterocycles. The van der Waals surface area contributed by atoms with Gasteiger partial charge in [-0.05, 0) is 49.8 Å². The van der Waals surface area contributed by atoms with Crippen molar-refractivity contribution in [2.75, 3.05) is 25.9 Å². The van der Waals surface area contributed by atoms with Gasteiger partial charge in [-0.2, -0.15) is 12.6 Å². The summed E-state index contributed by atoms with van der Waals surface area (Å²) in [5.41, 5.74) is 0.585. The van der Waals surface area contributed by atoms with Crippen LogP contribution in [0.3, 0.4) is 0 Å². The molecule has 14 heavy (non-hydrogen) atoms. The quantitative estimate of drug-likeness (QED) is 0.687. The maximum Gasteiger partial charge on any atom is 0.00429 e. The fourth-order valence-corrected chi connectivity index (χ4v) is 3.21. The minimum atomic E-state index is 0.585. The molecule has 0 N–H and O–H groups in total. The molecule has 2 fully saturated rings. The second-order valence-electron chi connectivity index (χ2n) is 5.51. The van der Waals surface area contributed by atoms with Crippen molar-refractivity contribution in [3.8, 4) is 0 Å². The van der Waals surface area contributed by atoms with E-state index in [2.05, 4.69) is 24.6 Å². The number of hydrogen-bond acceptors (Lipinski definition) is 2. The third-order valence-corrected chi connectivity index (χ3v) is 4.82. The largest absolute Gasteiger partial charge is 0.306 e. The van der Waals surface area contributed by atoms with Gasteiger partial charge < -0.3 is 4.90 Å². The van der Waals surface area contributed by atoms with Crippen LogP contribution in [0.2, 0.25) is 0 Å². The second-order valence-corrected chi connectivity index (χ2v) is 5.82. The lowest BCUT2D eigenvalue weighted by molar-refractivity contribution is 0.0858. The van der Waals surface area contributed by atoms with Crippen molar-refractivity contribution < 1.29 is 0 Å². The summed E-state index contributed by atoms with van der Waals surface area (Å²) in [4.78, 5) is 2.55. The molecule has 0 atom stereocenters. The van der Waals surface area contributed by atoms with Gasteiger partial charge >= 0.3 is 0 Å². The third kappa shape index (κ3) is 2.27. The Hall–Kier alpha value is 0.310. The summed E-state index contributed by atoms with van der Waals surface area (Å²) in [7, 11) is 2.29. The molecule has 0 spiro atoms. The molecular weight excluding hydrogens is 190 g/mol. The Morgan fingerprint density at radius 1 is 1.29 bits per heavy atom. The third-order valence-electron chi connectivity index (χ3n) is 4.15. The van der Waals surface area contributed by atoms with Crippen LogP contribution in [-0.2, 0) is 0 Å². The molecule has 0 amide bonds. The van der Waals surface area contributed by atoms with Crippen LogP contribution in [0.25, 0.3) is 0 Å². The van der Waals surface area contributed by atoms with E-state index >= 15 is 0 Å². The van der Waals surface area contributed by atoms with Crippen LogP contribution < -0.4 is 0 Å². The average Bonchev–Trinajstić information content (AvgIpc) is 2.04. The van der Waals surface area contributed by atoms with Crippen LogP contribution in [0.5, 0.6) is 0 Å². The lowest BCUT2D eigenvalue weighted by atomic mass is 9.70. The molecule has 0 aromatic rings. The number of rotatable bonds is 5. The van der Waals surface area contributed by atoms with Crippen molar-refractivity contribution >= 4 is 12.6 Å². The smallest absolute Gasteiger partial charge is 0.00429 e. The molecule has 2 saturated carbocycles. The summed E-state index contributed by atoms with van der Waals surface area (Å²) in [5, 5.41) is 0. The van der Waals surface area contributed by atoms with Gasteiger partial charge in [-0.15, -0.1) is 0 Å². The standard InChI is InChI=1S/C12H23NS/c1-13(8-11-4-2-5-11)9-12(10-14)6-3-7-12/h11,14H,2-10H2,1H3. The van der Waals surface area contributed by atoms with Gasteiger partial charge in [0.2, 0.25) is 0 Å². The van der Waals surface area contributed by atoms with Gasteiger partial charge in [0.05, 0.1) is 0 Å². The lowest BCUT2D eigenvalue weighted by Gasteiger charge is -2.44. The highest BCUT2D eigenvalue weighted by Crippen LogP contribution is 2.42. The topological polar surface area (TPSA) is 3.24 Å². The maximum absolute atomic E-state index is 4.51. The van der Waals surface area contributed by atoms with Crippen molar-refractivity contribution in [2.24, 2.45) is 11.3 Å². The molecule has 0 radical (unpaired) electrons. The van der Waals surface area contributed by atoms with Crippen molar-refractivity contribution in [3.05, 3.63) is 0 Å². The zero-order valence-corrected chi connectivity index (χ0v) is 10.2. The summed E-state index contributed by atoms with van der Waals surface area (Å²) >= 11 is 4.51. The first kappa shape index (κ1) is 10.8. The first-order chi connectivity index (χ1) is 6.74. The molecule has 2 rings (SSSR count). The van der Waals surface area contributed by atoms with Crippen LogP contribution in [0.15, 0.2) is 0 Å². The molecule has 0 aromatic carbocycles. The first-order valence-corrected chi connectivity index (χ1v) is 6.67. The molecule has 0 heterocycles. The van der Waals surface area contributed by atoms with E-state index in [1.807, 2.05) is 0 Å². The molecule has 0 unspecified atom stereocenters. The molecule has 0 saturated heterocycles. The average molecular weight is 213 g/mol. The molecule has 82 valence electrons. The molecule has 2 aliphatic carbocycles. The van der Waals surface area contributed by atoms with Crippen molar-refractivity contribution in [3.63, 3.8) is 0 Å². The molecule has 0 bridgehead atoms. The van der Waals surface area contributed by atoms with E-state index in [4.69, 9.17) is 0 Å². The van der Waals surface area contributed by atoms with Crippen LogP contribution in [0.4, 0.5) is 0 Å². The molecule has 2 heteroatoms. The van der Waals surface area contributed by atoms with Gasteiger partial charge in [-0.1, -0.05) is 12.8 Å². The molecule has 0 aromatic heterocycles. The highest BCUT2D eigenvalue weighted by molar-refractivity contribution is 7.80. The van der Waals surface area contributed by atoms with Crippen molar-refractivity contribution in [2.45, 2.75) is 38.5 Å². The first-order valence-electron chi connectivity index (χ1n) is 6.03. The molecule has 1 nitrogen and oxygen atoms in total. The zero-order chi connectivity index (χ0) is 10.0. The fraction of sp³-hybridized carbons (Fsp3) is 1.00. The van der Waals surface area contributed by atoms with E-state index < -0.39 is 0 Å². The van der Waals surface area contributed by atoms with E-state index in [1.165, 1.54) is 51.6 Å². The Labute approximate surface area is 93.7 Å². The number of hydrogen-bond donors (Lipinski definition) is 1. The SMILES string of the molecule is CN(CC1CCC1)CC1(CS)CCC1. The maximum atomic E-state index is 4.51. The predicted octanol–water partition coefficient (Wildman–Crippen LogP) is 2.82. The van der Waals surface area contributed by atoms with E-state index in [1.54, 1.807) is 0 Å². The Kier molecular flexibility index (Phi) is 3.43. The van der Waals surface area contributed by atoms with Crippen molar-refractivity contribution in [1.82, 2.24) is 4.90 Å². The van der Waals surface area contributed by atoms with E-state index in [9.17, 15) is 0 Å². The number of nitrogens with zero attached hydrogens (tertiary/aromatic N) is 1. The van der Waals surface area contributed by atoms with Crippen LogP contribution in [-0.4, -0.2) is 30.8 Å². The van der Waals surface area contributed by atoms with Crippen LogP contribution >= 0.6 is 12.6 Å². The highest BCUT2D eigenvalue weighted by atomic mass is 32.1. The normalized spacial score (nSPS) is 25.9. The summed E-state index contributed by atoms with van der Waals surface area (Å²) in [6, 6.07) is 0. The molecular formula is C12H23NS. The molecule has 2 aliphatic rings. The fourth-order valence-electron chi connectivity index (χ4n) is 2.80.